The molecule has 0 aliphatic carbocycles. The van der Waals surface area contributed by atoms with E-state index < -0.39 is 0 Å². The largest absolute Gasteiger partial charge is 0.382 e. The van der Waals surface area contributed by atoms with Crippen molar-refractivity contribution in [1.82, 2.24) is 9.88 Å². The van der Waals surface area contributed by atoms with Crippen LogP contribution in [0, 0.1) is 5.92 Å². The highest BCUT2D eigenvalue weighted by atomic mass is 32.1. The van der Waals surface area contributed by atoms with Crippen molar-refractivity contribution in [2.24, 2.45) is 5.92 Å². The van der Waals surface area contributed by atoms with Gasteiger partial charge in [-0.1, -0.05) is 25.2 Å². The lowest BCUT2D eigenvalue weighted by Gasteiger charge is -2.20. The Hall–Kier alpha value is -1.30. The van der Waals surface area contributed by atoms with Crippen LogP contribution in [0.2, 0.25) is 0 Å². The molecule has 0 spiro atoms. The number of rotatable bonds is 4. The molecule has 1 aromatic rings. The number of anilines is 2. The Morgan fingerprint density at radius 2 is 2.32 bits per heavy atom. The van der Waals surface area contributed by atoms with E-state index in [1.165, 1.54) is 11.3 Å². The highest BCUT2D eigenvalue weighted by Gasteiger charge is 2.32. The van der Waals surface area contributed by atoms with Crippen LogP contribution in [0.3, 0.4) is 0 Å². The van der Waals surface area contributed by atoms with Crippen LogP contribution in [0.15, 0.2) is 0 Å². The molecule has 19 heavy (non-hydrogen) atoms. The van der Waals surface area contributed by atoms with E-state index in [1.54, 1.807) is 0 Å². The minimum absolute atomic E-state index is 0.0244. The van der Waals surface area contributed by atoms with Gasteiger partial charge in [0.05, 0.1) is 0 Å². The van der Waals surface area contributed by atoms with Gasteiger partial charge in [-0.2, -0.15) is 0 Å². The maximum absolute atomic E-state index is 12.5. The maximum atomic E-state index is 12.5. The number of thiazole rings is 1. The van der Waals surface area contributed by atoms with Crippen molar-refractivity contribution in [3.8, 4) is 0 Å². The molecule has 3 N–H and O–H groups in total. The molecule has 0 aromatic carbocycles. The van der Waals surface area contributed by atoms with Crippen molar-refractivity contribution in [2.75, 3.05) is 24.1 Å². The van der Waals surface area contributed by atoms with E-state index in [1.807, 2.05) is 4.90 Å². The molecule has 1 saturated heterocycles. The zero-order valence-corrected chi connectivity index (χ0v) is 12.6. The zero-order valence-electron chi connectivity index (χ0n) is 11.8. The summed E-state index contributed by atoms with van der Waals surface area (Å²) in [5.41, 5.74) is 5.87. The van der Waals surface area contributed by atoms with Crippen LogP contribution in [0.4, 0.5) is 10.9 Å². The fourth-order valence-corrected chi connectivity index (χ4v) is 3.37. The Balaban J connectivity index is 2.12. The van der Waals surface area contributed by atoms with Gasteiger partial charge >= 0.3 is 0 Å². The van der Waals surface area contributed by atoms with Crippen LogP contribution in [-0.4, -0.2) is 34.9 Å². The minimum atomic E-state index is 0.0244. The molecule has 1 aliphatic rings. The van der Waals surface area contributed by atoms with Crippen molar-refractivity contribution in [3.63, 3.8) is 0 Å². The molecule has 2 unspecified atom stereocenters. The predicted octanol–water partition coefficient (Wildman–Crippen LogP) is 2.42. The van der Waals surface area contributed by atoms with E-state index in [4.69, 9.17) is 5.73 Å². The molecule has 1 aromatic heterocycles. The Kier molecular flexibility index (Phi) is 4.29. The number of carbonyl (C=O) groups is 1. The maximum Gasteiger partial charge on any atom is 0.268 e. The average molecular weight is 282 g/mol. The lowest BCUT2D eigenvalue weighted by Crippen LogP contribution is -2.33. The lowest BCUT2D eigenvalue weighted by atomic mass is 10.1. The third-order valence-corrected chi connectivity index (χ3v) is 4.44. The Morgan fingerprint density at radius 3 is 2.89 bits per heavy atom. The van der Waals surface area contributed by atoms with Gasteiger partial charge in [-0.15, -0.1) is 0 Å². The second kappa shape index (κ2) is 5.77. The summed E-state index contributed by atoms with van der Waals surface area (Å²) in [5.74, 6) is 0.933. The Bertz CT molecular complexity index is 459. The third-order valence-electron chi connectivity index (χ3n) is 3.42. The van der Waals surface area contributed by atoms with Crippen molar-refractivity contribution in [2.45, 2.75) is 39.7 Å². The molecule has 6 heteroatoms. The van der Waals surface area contributed by atoms with Crippen LogP contribution in [0.5, 0.6) is 0 Å². The van der Waals surface area contributed by atoms with E-state index in [9.17, 15) is 4.79 Å². The number of hydrogen-bond acceptors (Lipinski definition) is 5. The summed E-state index contributed by atoms with van der Waals surface area (Å²) in [6, 6.07) is 0.288. The number of carbonyl (C=O) groups excluding carboxylic acids is 1. The minimum Gasteiger partial charge on any atom is -0.382 e. The second-order valence-electron chi connectivity index (χ2n) is 5.31. The van der Waals surface area contributed by atoms with Crippen molar-refractivity contribution in [3.05, 3.63) is 4.88 Å². The monoisotopic (exact) mass is 282 g/mol. The van der Waals surface area contributed by atoms with E-state index in [2.05, 4.69) is 31.1 Å². The number of nitrogens with zero attached hydrogens (tertiary/aromatic N) is 2. The summed E-state index contributed by atoms with van der Waals surface area (Å²) in [4.78, 5) is 19.2. The van der Waals surface area contributed by atoms with Gasteiger partial charge in [0.15, 0.2) is 5.13 Å². The first-order valence-electron chi connectivity index (χ1n) is 6.84. The zero-order chi connectivity index (χ0) is 14.0. The highest BCUT2D eigenvalue weighted by Crippen LogP contribution is 2.30. The SMILES string of the molecule is CCCNc1nc(N)c(C(=O)N2CC(C)CC2C)s1. The number of likely N-dealkylation sites (tertiary alicyclic amines) is 1. The first-order valence-corrected chi connectivity index (χ1v) is 7.65. The summed E-state index contributed by atoms with van der Waals surface area (Å²) >= 11 is 1.36. The molecule has 1 amide bonds. The molecule has 2 atom stereocenters. The van der Waals surface area contributed by atoms with Crippen LogP contribution in [-0.2, 0) is 0 Å². The summed E-state index contributed by atoms with van der Waals surface area (Å²) < 4.78 is 0. The van der Waals surface area contributed by atoms with Gasteiger partial charge in [-0.05, 0) is 25.7 Å². The molecule has 1 aliphatic heterocycles. The van der Waals surface area contributed by atoms with E-state index in [0.29, 0.717) is 16.6 Å². The van der Waals surface area contributed by atoms with Crippen LogP contribution in [0.1, 0.15) is 43.3 Å². The molecule has 0 saturated carbocycles. The summed E-state index contributed by atoms with van der Waals surface area (Å²) in [7, 11) is 0. The molecule has 2 rings (SSSR count). The van der Waals surface area contributed by atoms with Gasteiger partial charge in [-0.3, -0.25) is 4.79 Å². The number of nitrogens with two attached hydrogens (primary N) is 1. The number of nitrogens with one attached hydrogen (secondary N) is 1. The van der Waals surface area contributed by atoms with Crippen molar-refractivity contribution in [1.29, 1.82) is 0 Å². The fourth-order valence-electron chi connectivity index (χ4n) is 2.51. The van der Waals surface area contributed by atoms with Crippen LogP contribution < -0.4 is 11.1 Å². The summed E-state index contributed by atoms with van der Waals surface area (Å²) in [6.45, 7) is 8.01. The van der Waals surface area contributed by atoms with E-state index in [-0.39, 0.29) is 11.9 Å². The standard InChI is InChI=1S/C13H22N4OS/c1-4-5-15-13-16-11(14)10(19-13)12(18)17-7-8(2)6-9(17)3/h8-9H,4-7,14H2,1-3H3,(H,15,16). The van der Waals surface area contributed by atoms with Crippen molar-refractivity contribution < 1.29 is 4.79 Å². The number of amides is 1. The van der Waals surface area contributed by atoms with Crippen LogP contribution >= 0.6 is 11.3 Å². The van der Waals surface area contributed by atoms with Gasteiger partial charge in [0.25, 0.3) is 5.91 Å². The molecule has 5 nitrogen and oxygen atoms in total. The van der Waals surface area contributed by atoms with E-state index >= 15 is 0 Å². The predicted molar refractivity (Wildman–Crippen MR) is 79.6 cm³/mol. The van der Waals surface area contributed by atoms with Crippen LogP contribution in [0.25, 0.3) is 0 Å². The average Bonchev–Trinajstić information content (AvgIpc) is 2.89. The number of nitrogen functional groups attached to an aromatic ring is 1. The van der Waals surface area contributed by atoms with Gasteiger partial charge in [0, 0.05) is 19.1 Å². The van der Waals surface area contributed by atoms with Crippen molar-refractivity contribution >= 4 is 28.2 Å². The molecular formula is C13H22N4OS. The molecule has 1 fully saturated rings. The molecule has 2 heterocycles. The van der Waals surface area contributed by atoms with Gasteiger partial charge < -0.3 is 16.0 Å². The molecule has 0 bridgehead atoms. The quantitative estimate of drug-likeness (QED) is 0.889. The third kappa shape index (κ3) is 3.00. The molecular weight excluding hydrogens is 260 g/mol. The van der Waals surface area contributed by atoms with Gasteiger partial charge in [0.2, 0.25) is 0 Å². The van der Waals surface area contributed by atoms with Gasteiger partial charge in [0.1, 0.15) is 10.7 Å². The first kappa shape index (κ1) is 14.1. The highest BCUT2D eigenvalue weighted by molar-refractivity contribution is 7.18. The van der Waals surface area contributed by atoms with E-state index in [0.717, 1.165) is 31.1 Å². The summed E-state index contributed by atoms with van der Waals surface area (Å²) in [6.07, 6.45) is 2.08. The second-order valence-corrected chi connectivity index (χ2v) is 6.31. The first-order chi connectivity index (χ1) is 9.02. The fraction of sp³-hybridized carbons (Fsp3) is 0.692. The molecule has 0 radical (unpaired) electrons. The Morgan fingerprint density at radius 1 is 1.58 bits per heavy atom. The Labute approximate surface area is 118 Å². The van der Waals surface area contributed by atoms with Gasteiger partial charge in [-0.25, -0.2) is 4.98 Å². The number of hydrogen-bond donors (Lipinski definition) is 2. The number of aromatic nitrogens is 1. The topological polar surface area (TPSA) is 71.2 Å². The normalized spacial score (nSPS) is 22.8. The smallest absolute Gasteiger partial charge is 0.268 e. The molecule has 106 valence electrons. The lowest BCUT2D eigenvalue weighted by molar-refractivity contribution is 0.0749. The summed E-state index contributed by atoms with van der Waals surface area (Å²) in [5, 5.41) is 3.92.